The van der Waals surface area contributed by atoms with E-state index in [0.717, 1.165) is 31.2 Å². The van der Waals surface area contributed by atoms with Crippen LogP contribution in [0.15, 0.2) is 30.3 Å². The summed E-state index contributed by atoms with van der Waals surface area (Å²) in [5.74, 6) is 0. The summed E-state index contributed by atoms with van der Waals surface area (Å²) in [6.07, 6.45) is 11.9. The zero-order valence-electron chi connectivity index (χ0n) is 15.3. The Bertz CT molecular complexity index is 508. The van der Waals surface area contributed by atoms with Crippen molar-refractivity contribution in [1.29, 1.82) is 0 Å². The SMILES string of the molecule is S=C(NC1CCCCCCC1)N(Cc1ccccc1)CC1CCCO1. The van der Waals surface area contributed by atoms with Crippen LogP contribution in [0.3, 0.4) is 0 Å². The molecule has 0 bridgehead atoms. The van der Waals surface area contributed by atoms with Gasteiger partial charge in [0.2, 0.25) is 0 Å². The lowest BCUT2D eigenvalue weighted by atomic mass is 9.97. The number of ether oxygens (including phenoxy) is 1. The van der Waals surface area contributed by atoms with E-state index in [1.807, 2.05) is 0 Å². The molecule has 1 heterocycles. The second kappa shape index (κ2) is 10.1. The molecule has 1 saturated carbocycles. The summed E-state index contributed by atoms with van der Waals surface area (Å²) in [7, 11) is 0. The van der Waals surface area contributed by atoms with Crippen molar-refractivity contribution in [3.8, 4) is 0 Å². The zero-order valence-corrected chi connectivity index (χ0v) is 16.1. The van der Waals surface area contributed by atoms with E-state index in [-0.39, 0.29) is 0 Å². The standard InChI is InChI=1S/C21H32N2OS/c25-21(22-19-12-7-2-1-3-8-13-19)23(17-20-14-9-15-24-20)16-18-10-5-4-6-11-18/h4-6,10-11,19-20H,1-3,7-9,12-17H2,(H,22,25). The van der Waals surface area contributed by atoms with Gasteiger partial charge in [-0.05, 0) is 43.5 Å². The van der Waals surface area contributed by atoms with Crippen molar-refractivity contribution in [2.75, 3.05) is 13.2 Å². The van der Waals surface area contributed by atoms with Crippen LogP contribution < -0.4 is 5.32 Å². The molecular weight excluding hydrogens is 328 g/mol. The summed E-state index contributed by atoms with van der Waals surface area (Å²) in [5.41, 5.74) is 1.31. The number of nitrogens with one attached hydrogen (secondary N) is 1. The summed E-state index contributed by atoms with van der Waals surface area (Å²) in [4.78, 5) is 2.32. The molecular formula is C21H32N2OS. The molecule has 138 valence electrons. The van der Waals surface area contributed by atoms with Crippen molar-refractivity contribution in [3.63, 3.8) is 0 Å². The highest BCUT2D eigenvalue weighted by Crippen LogP contribution is 2.19. The van der Waals surface area contributed by atoms with Crippen molar-refractivity contribution in [2.45, 2.75) is 76.5 Å². The number of hydrogen-bond donors (Lipinski definition) is 1. The first-order chi connectivity index (χ1) is 12.3. The Morgan fingerprint density at radius 3 is 2.40 bits per heavy atom. The molecule has 1 N–H and O–H groups in total. The fourth-order valence-corrected chi connectivity index (χ4v) is 4.23. The molecule has 1 saturated heterocycles. The van der Waals surface area contributed by atoms with E-state index in [9.17, 15) is 0 Å². The first kappa shape index (κ1) is 18.7. The average molecular weight is 361 g/mol. The van der Waals surface area contributed by atoms with Crippen LogP contribution >= 0.6 is 12.2 Å². The van der Waals surface area contributed by atoms with Gasteiger partial charge < -0.3 is 15.0 Å². The van der Waals surface area contributed by atoms with Gasteiger partial charge in [-0.3, -0.25) is 0 Å². The molecule has 1 aromatic rings. The Morgan fingerprint density at radius 1 is 1.00 bits per heavy atom. The van der Waals surface area contributed by atoms with Gasteiger partial charge in [-0.2, -0.15) is 0 Å². The summed E-state index contributed by atoms with van der Waals surface area (Å²) in [5, 5.41) is 4.59. The van der Waals surface area contributed by atoms with Crippen LogP contribution in [-0.2, 0) is 11.3 Å². The predicted molar refractivity (Wildman–Crippen MR) is 108 cm³/mol. The number of rotatable bonds is 5. The first-order valence-electron chi connectivity index (χ1n) is 10.0. The van der Waals surface area contributed by atoms with Crippen LogP contribution in [0.1, 0.15) is 63.4 Å². The van der Waals surface area contributed by atoms with E-state index in [1.54, 1.807) is 0 Å². The first-order valence-corrected chi connectivity index (χ1v) is 10.4. The molecule has 0 aromatic heterocycles. The van der Waals surface area contributed by atoms with Crippen molar-refractivity contribution in [1.82, 2.24) is 10.2 Å². The van der Waals surface area contributed by atoms with E-state index < -0.39 is 0 Å². The highest BCUT2D eigenvalue weighted by Gasteiger charge is 2.22. The lowest BCUT2D eigenvalue weighted by Gasteiger charge is -2.31. The quantitative estimate of drug-likeness (QED) is 0.772. The van der Waals surface area contributed by atoms with E-state index >= 15 is 0 Å². The maximum atomic E-state index is 5.87. The minimum Gasteiger partial charge on any atom is -0.376 e. The molecule has 0 amide bonds. The minimum absolute atomic E-state index is 0.320. The third-order valence-corrected chi connectivity index (χ3v) is 5.76. The summed E-state index contributed by atoms with van der Waals surface area (Å²) < 4.78 is 5.87. The van der Waals surface area contributed by atoms with Crippen LogP contribution in [0.25, 0.3) is 0 Å². The predicted octanol–water partition coefficient (Wildman–Crippen LogP) is 4.66. The molecule has 0 spiro atoms. The van der Waals surface area contributed by atoms with E-state index in [1.165, 1.54) is 56.9 Å². The van der Waals surface area contributed by atoms with Gasteiger partial charge in [-0.15, -0.1) is 0 Å². The Balaban J connectivity index is 1.60. The van der Waals surface area contributed by atoms with Crippen LogP contribution in [0, 0.1) is 0 Å². The van der Waals surface area contributed by atoms with Gasteiger partial charge in [0, 0.05) is 25.7 Å². The molecule has 3 rings (SSSR count). The lowest BCUT2D eigenvalue weighted by molar-refractivity contribution is 0.0895. The van der Waals surface area contributed by atoms with Gasteiger partial charge in [0.15, 0.2) is 5.11 Å². The fourth-order valence-electron chi connectivity index (χ4n) is 3.92. The van der Waals surface area contributed by atoms with Crippen molar-refractivity contribution in [3.05, 3.63) is 35.9 Å². The van der Waals surface area contributed by atoms with Crippen LogP contribution in [0.4, 0.5) is 0 Å². The molecule has 1 unspecified atom stereocenters. The molecule has 2 aliphatic rings. The maximum Gasteiger partial charge on any atom is 0.169 e. The Morgan fingerprint density at radius 2 is 1.72 bits per heavy atom. The number of nitrogens with zero attached hydrogens (tertiary/aromatic N) is 1. The van der Waals surface area contributed by atoms with E-state index in [0.29, 0.717) is 12.1 Å². The van der Waals surface area contributed by atoms with Crippen LogP contribution in [-0.4, -0.2) is 35.3 Å². The summed E-state index contributed by atoms with van der Waals surface area (Å²) in [6, 6.07) is 11.2. The van der Waals surface area contributed by atoms with Gasteiger partial charge in [-0.1, -0.05) is 62.4 Å². The molecule has 0 radical (unpaired) electrons. The molecule has 3 nitrogen and oxygen atoms in total. The maximum absolute atomic E-state index is 5.87. The van der Waals surface area contributed by atoms with Crippen LogP contribution in [0.5, 0.6) is 0 Å². The van der Waals surface area contributed by atoms with Crippen LogP contribution in [0.2, 0.25) is 0 Å². The summed E-state index contributed by atoms with van der Waals surface area (Å²) in [6.45, 7) is 2.65. The van der Waals surface area contributed by atoms with Gasteiger partial charge in [0.25, 0.3) is 0 Å². The third-order valence-electron chi connectivity index (χ3n) is 5.38. The normalized spacial score (nSPS) is 22.2. The smallest absolute Gasteiger partial charge is 0.169 e. The molecule has 4 heteroatoms. The summed E-state index contributed by atoms with van der Waals surface area (Å²) >= 11 is 5.83. The molecule has 1 aromatic carbocycles. The Labute approximate surface area is 158 Å². The molecule has 1 aliphatic heterocycles. The Kier molecular flexibility index (Phi) is 7.55. The zero-order chi connectivity index (χ0) is 17.3. The second-order valence-corrected chi connectivity index (χ2v) is 7.88. The number of hydrogen-bond acceptors (Lipinski definition) is 2. The van der Waals surface area contributed by atoms with Crippen molar-refractivity contribution in [2.24, 2.45) is 0 Å². The third kappa shape index (κ3) is 6.27. The lowest BCUT2D eigenvalue weighted by Crippen LogP contribution is -2.47. The molecule has 25 heavy (non-hydrogen) atoms. The van der Waals surface area contributed by atoms with Gasteiger partial charge in [0.05, 0.1) is 6.10 Å². The Hall–Kier alpha value is -1.13. The minimum atomic E-state index is 0.320. The number of benzene rings is 1. The van der Waals surface area contributed by atoms with E-state index in [4.69, 9.17) is 17.0 Å². The second-order valence-electron chi connectivity index (χ2n) is 7.49. The topological polar surface area (TPSA) is 24.5 Å². The number of thiocarbonyl (C=S) groups is 1. The highest BCUT2D eigenvalue weighted by molar-refractivity contribution is 7.80. The molecule has 1 atom stereocenters. The van der Waals surface area contributed by atoms with E-state index in [2.05, 4.69) is 40.5 Å². The molecule has 1 aliphatic carbocycles. The van der Waals surface area contributed by atoms with Crippen molar-refractivity contribution < 1.29 is 4.74 Å². The van der Waals surface area contributed by atoms with Gasteiger partial charge in [-0.25, -0.2) is 0 Å². The van der Waals surface area contributed by atoms with Gasteiger partial charge >= 0.3 is 0 Å². The fraction of sp³-hybridized carbons (Fsp3) is 0.667. The largest absolute Gasteiger partial charge is 0.376 e. The van der Waals surface area contributed by atoms with Crippen molar-refractivity contribution >= 4 is 17.3 Å². The highest BCUT2D eigenvalue weighted by atomic mass is 32.1. The average Bonchev–Trinajstić information content (AvgIpc) is 3.10. The monoisotopic (exact) mass is 360 g/mol. The molecule has 2 fully saturated rings. The van der Waals surface area contributed by atoms with Gasteiger partial charge in [0.1, 0.15) is 0 Å².